The lowest BCUT2D eigenvalue weighted by Gasteiger charge is -2.33. The van der Waals surface area contributed by atoms with Crippen LogP contribution in [0, 0.1) is 28.1 Å². The highest BCUT2D eigenvalue weighted by atomic mass is 16.7. The lowest BCUT2D eigenvalue weighted by Crippen LogP contribution is -2.38. The van der Waals surface area contributed by atoms with Gasteiger partial charge in [0.15, 0.2) is 11.5 Å². The molecule has 0 radical (unpaired) electrons. The maximum atomic E-state index is 9.10. The molecule has 102 valence electrons. The van der Waals surface area contributed by atoms with E-state index in [2.05, 4.69) is 17.0 Å². The second-order valence-electron chi connectivity index (χ2n) is 5.27. The fraction of sp³-hybridized carbons (Fsp3) is 0.467. The summed E-state index contributed by atoms with van der Waals surface area (Å²) in [6.45, 7) is 2.64. The summed E-state index contributed by atoms with van der Waals surface area (Å²) in [5, 5.41) is 18.2. The van der Waals surface area contributed by atoms with Gasteiger partial charge in [0.1, 0.15) is 5.41 Å². The van der Waals surface area contributed by atoms with Crippen molar-refractivity contribution in [2.24, 2.45) is 5.41 Å². The van der Waals surface area contributed by atoms with Crippen molar-refractivity contribution in [3.05, 3.63) is 23.8 Å². The Bertz CT molecular complexity index is 576. The molecule has 0 aliphatic carbocycles. The number of likely N-dealkylation sites (tertiary alicyclic amines) is 1. The molecule has 20 heavy (non-hydrogen) atoms. The van der Waals surface area contributed by atoms with E-state index < -0.39 is 5.41 Å². The molecule has 1 saturated heterocycles. The largest absolute Gasteiger partial charge is 0.454 e. The molecule has 1 fully saturated rings. The average Bonchev–Trinajstić information content (AvgIpc) is 2.96. The van der Waals surface area contributed by atoms with Crippen LogP contribution in [0.2, 0.25) is 0 Å². The second-order valence-corrected chi connectivity index (χ2v) is 5.27. The molecule has 0 N–H and O–H groups in total. The first-order valence-corrected chi connectivity index (χ1v) is 6.68. The van der Waals surface area contributed by atoms with Crippen LogP contribution in [0.5, 0.6) is 11.5 Å². The minimum absolute atomic E-state index is 0.287. The molecule has 5 nitrogen and oxygen atoms in total. The molecule has 2 heterocycles. The van der Waals surface area contributed by atoms with Gasteiger partial charge in [0.2, 0.25) is 6.79 Å². The minimum atomic E-state index is -0.786. The number of fused-ring (bicyclic) bond motifs is 1. The Morgan fingerprint density at radius 3 is 2.50 bits per heavy atom. The molecule has 0 bridgehead atoms. The predicted octanol–water partition coefficient (Wildman–Crippen LogP) is 2.04. The summed E-state index contributed by atoms with van der Waals surface area (Å²) >= 11 is 0. The third kappa shape index (κ3) is 2.29. The highest BCUT2D eigenvalue weighted by molar-refractivity contribution is 5.44. The number of hydrogen-bond donors (Lipinski definition) is 0. The van der Waals surface area contributed by atoms with Crippen LogP contribution in [-0.2, 0) is 6.54 Å². The van der Waals surface area contributed by atoms with Gasteiger partial charge in [-0.2, -0.15) is 10.5 Å². The van der Waals surface area contributed by atoms with Gasteiger partial charge >= 0.3 is 0 Å². The van der Waals surface area contributed by atoms with Crippen molar-refractivity contribution in [3.63, 3.8) is 0 Å². The third-order valence-electron chi connectivity index (χ3n) is 3.98. The van der Waals surface area contributed by atoms with E-state index in [0.29, 0.717) is 12.8 Å². The lowest BCUT2D eigenvalue weighted by atomic mass is 9.81. The van der Waals surface area contributed by atoms with E-state index in [1.54, 1.807) is 0 Å². The molecular formula is C15H15N3O2. The first kappa shape index (κ1) is 12.8. The first-order valence-electron chi connectivity index (χ1n) is 6.68. The van der Waals surface area contributed by atoms with Crippen LogP contribution in [0.3, 0.4) is 0 Å². The fourth-order valence-corrected chi connectivity index (χ4v) is 2.64. The van der Waals surface area contributed by atoms with Crippen molar-refractivity contribution in [1.29, 1.82) is 10.5 Å². The van der Waals surface area contributed by atoms with Crippen molar-refractivity contribution in [3.8, 4) is 23.6 Å². The summed E-state index contributed by atoms with van der Waals surface area (Å²) in [6, 6.07) is 10.3. The third-order valence-corrected chi connectivity index (χ3v) is 3.98. The number of ether oxygens (including phenoxy) is 2. The van der Waals surface area contributed by atoms with E-state index in [1.165, 1.54) is 0 Å². The van der Waals surface area contributed by atoms with Crippen LogP contribution in [0.25, 0.3) is 0 Å². The fourth-order valence-electron chi connectivity index (χ4n) is 2.64. The number of hydrogen-bond acceptors (Lipinski definition) is 5. The Balaban J connectivity index is 1.63. The molecule has 0 saturated carbocycles. The molecule has 2 aliphatic heterocycles. The van der Waals surface area contributed by atoms with Crippen molar-refractivity contribution >= 4 is 0 Å². The Morgan fingerprint density at radius 1 is 1.10 bits per heavy atom. The summed E-state index contributed by atoms with van der Waals surface area (Å²) in [5.41, 5.74) is 0.376. The summed E-state index contributed by atoms with van der Waals surface area (Å²) in [6.07, 6.45) is 1.23. The molecule has 0 atom stereocenters. The number of rotatable bonds is 2. The quantitative estimate of drug-likeness (QED) is 0.821. The van der Waals surface area contributed by atoms with Crippen LogP contribution >= 0.6 is 0 Å². The SMILES string of the molecule is N#CC1(C#N)CCN(Cc2ccc3c(c2)OCO3)CC1. The first-order chi connectivity index (χ1) is 9.74. The van der Waals surface area contributed by atoms with Crippen molar-refractivity contribution in [2.75, 3.05) is 19.9 Å². The van der Waals surface area contributed by atoms with Crippen LogP contribution in [-0.4, -0.2) is 24.8 Å². The van der Waals surface area contributed by atoms with Gasteiger partial charge < -0.3 is 9.47 Å². The second kappa shape index (κ2) is 5.03. The monoisotopic (exact) mass is 269 g/mol. The van der Waals surface area contributed by atoms with E-state index in [4.69, 9.17) is 20.0 Å². The number of piperidine rings is 1. The molecule has 0 aromatic heterocycles. The summed E-state index contributed by atoms with van der Waals surface area (Å²) < 4.78 is 10.7. The van der Waals surface area contributed by atoms with Gasteiger partial charge in [-0.3, -0.25) is 4.90 Å². The molecule has 0 unspecified atom stereocenters. The van der Waals surface area contributed by atoms with Crippen LogP contribution in [0.15, 0.2) is 18.2 Å². The summed E-state index contributed by atoms with van der Waals surface area (Å²) in [4.78, 5) is 2.27. The van der Waals surface area contributed by atoms with E-state index in [1.807, 2.05) is 18.2 Å². The van der Waals surface area contributed by atoms with E-state index in [-0.39, 0.29) is 6.79 Å². The molecule has 3 rings (SSSR count). The normalized spacial score (nSPS) is 20.1. The van der Waals surface area contributed by atoms with Crippen molar-refractivity contribution in [1.82, 2.24) is 4.90 Å². The maximum absolute atomic E-state index is 9.10. The average molecular weight is 269 g/mol. The zero-order valence-electron chi connectivity index (χ0n) is 11.1. The molecular weight excluding hydrogens is 254 g/mol. The topological polar surface area (TPSA) is 69.3 Å². The van der Waals surface area contributed by atoms with E-state index >= 15 is 0 Å². The smallest absolute Gasteiger partial charge is 0.231 e. The van der Waals surface area contributed by atoms with Gasteiger partial charge in [0, 0.05) is 19.6 Å². The van der Waals surface area contributed by atoms with Crippen LogP contribution in [0.1, 0.15) is 18.4 Å². The number of nitriles is 2. The zero-order valence-corrected chi connectivity index (χ0v) is 11.1. The Kier molecular flexibility index (Phi) is 3.22. The summed E-state index contributed by atoms with van der Waals surface area (Å²) in [7, 11) is 0. The van der Waals surface area contributed by atoms with E-state index in [0.717, 1.165) is 36.7 Å². The van der Waals surface area contributed by atoms with E-state index in [9.17, 15) is 0 Å². The zero-order chi connectivity index (χ0) is 14.0. The van der Waals surface area contributed by atoms with Crippen molar-refractivity contribution < 1.29 is 9.47 Å². The standard InChI is InChI=1S/C15H15N3O2/c16-9-15(10-17)3-5-18(6-4-15)8-12-1-2-13-14(7-12)20-11-19-13/h1-2,7H,3-6,8,11H2. The molecule has 1 aromatic rings. The Hall–Kier alpha value is -2.24. The van der Waals surface area contributed by atoms with Gasteiger partial charge in [0.05, 0.1) is 12.1 Å². The van der Waals surface area contributed by atoms with Gasteiger partial charge in [-0.15, -0.1) is 0 Å². The minimum Gasteiger partial charge on any atom is -0.454 e. The molecule has 1 aromatic carbocycles. The van der Waals surface area contributed by atoms with Gasteiger partial charge in [-0.25, -0.2) is 0 Å². The highest BCUT2D eigenvalue weighted by Gasteiger charge is 2.34. The Labute approximate surface area is 117 Å². The van der Waals surface area contributed by atoms with Gasteiger partial charge in [-0.1, -0.05) is 6.07 Å². The molecule has 2 aliphatic rings. The lowest BCUT2D eigenvalue weighted by molar-refractivity contribution is 0.168. The van der Waals surface area contributed by atoms with Gasteiger partial charge in [0.25, 0.3) is 0 Å². The molecule has 0 amide bonds. The van der Waals surface area contributed by atoms with Crippen LogP contribution in [0.4, 0.5) is 0 Å². The van der Waals surface area contributed by atoms with Gasteiger partial charge in [-0.05, 0) is 30.5 Å². The summed E-state index contributed by atoms with van der Waals surface area (Å²) in [5.74, 6) is 1.59. The Morgan fingerprint density at radius 2 is 1.80 bits per heavy atom. The predicted molar refractivity (Wildman–Crippen MR) is 70.7 cm³/mol. The van der Waals surface area contributed by atoms with Crippen molar-refractivity contribution in [2.45, 2.75) is 19.4 Å². The highest BCUT2D eigenvalue weighted by Crippen LogP contribution is 2.34. The van der Waals surface area contributed by atoms with Crippen LogP contribution < -0.4 is 9.47 Å². The number of benzene rings is 1. The molecule has 5 heteroatoms. The molecule has 0 spiro atoms. The maximum Gasteiger partial charge on any atom is 0.231 e. The number of nitrogens with zero attached hydrogens (tertiary/aromatic N) is 3.